The molecule has 15 heteroatoms. The first-order valence-electron chi connectivity index (χ1n) is 11.8. The van der Waals surface area contributed by atoms with Crippen molar-refractivity contribution in [2.75, 3.05) is 0 Å². The summed E-state index contributed by atoms with van der Waals surface area (Å²) in [6.45, 7) is 1.48. The lowest BCUT2D eigenvalue weighted by Crippen LogP contribution is -2.48. The Hall–Kier alpha value is -3.00. The van der Waals surface area contributed by atoms with Crippen molar-refractivity contribution >= 4 is 17.9 Å². The van der Waals surface area contributed by atoms with Crippen molar-refractivity contribution in [2.45, 2.75) is 75.7 Å². The van der Waals surface area contributed by atoms with Gasteiger partial charge in [-0.3, -0.25) is 0 Å². The largest absolute Gasteiger partial charge is 0.491 e. The second-order valence-corrected chi connectivity index (χ2v) is 10.2. The van der Waals surface area contributed by atoms with Crippen LogP contribution in [0.4, 0.5) is 39.5 Å². The van der Waals surface area contributed by atoms with Crippen LogP contribution in [-0.4, -0.2) is 48.6 Å². The van der Waals surface area contributed by atoms with Crippen molar-refractivity contribution in [3.8, 4) is 5.75 Å². The standard InChI is InChI=1S/C24H21F9O6/c1-21-7-6-13-12-5-3-11(37-18(34)22(25,26)27)8-10(12)2-4-14(13)15(21)9-16(38-19(35)23(28,29)30)17(21)39-20(36)24(31,32)33/h3,5,8,13-17H,2,4,6-7,9H2,1H3. The van der Waals surface area contributed by atoms with E-state index in [1.165, 1.54) is 25.1 Å². The van der Waals surface area contributed by atoms with Crippen LogP contribution in [-0.2, 0) is 30.3 Å². The van der Waals surface area contributed by atoms with Crippen LogP contribution < -0.4 is 4.74 Å². The fraction of sp³-hybridized carbons (Fsp3) is 0.625. The maximum Gasteiger partial charge on any atom is 0.491 e. The maximum atomic E-state index is 13.0. The van der Waals surface area contributed by atoms with Crippen LogP contribution in [0.5, 0.6) is 5.75 Å². The first-order chi connectivity index (χ1) is 17.8. The summed E-state index contributed by atoms with van der Waals surface area (Å²) in [4.78, 5) is 34.4. The molecule has 39 heavy (non-hydrogen) atoms. The van der Waals surface area contributed by atoms with Gasteiger partial charge in [0.15, 0.2) is 0 Å². The van der Waals surface area contributed by atoms with E-state index < -0.39 is 60.0 Å². The molecule has 1 aromatic rings. The number of halogens is 9. The maximum absolute atomic E-state index is 13.0. The third-order valence-electron chi connectivity index (χ3n) is 8.01. The zero-order chi connectivity index (χ0) is 29.1. The Bertz CT molecular complexity index is 1160. The van der Waals surface area contributed by atoms with Gasteiger partial charge in [-0.1, -0.05) is 13.0 Å². The van der Waals surface area contributed by atoms with E-state index in [0.717, 1.165) is 0 Å². The molecule has 2 saturated carbocycles. The van der Waals surface area contributed by atoms with Gasteiger partial charge in [0.05, 0.1) is 0 Å². The first-order valence-corrected chi connectivity index (χ1v) is 11.8. The number of hydrogen-bond donors (Lipinski definition) is 0. The number of alkyl halides is 9. The Morgan fingerprint density at radius 1 is 0.846 bits per heavy atom. The molecule has 0 N–H and O–H groups in total. The topological polar surface area (TPSA) is 78.9 Å². The number of benzene rings is 1. The van der Waals surface area contributed by atoms with Gasteiger partial charge in [0.2, 0.25) is 0 Å². The van der Waals surface area contributed by atoms with Crippen molar-refractivity contribution in [3.63, 3.8) is 0 Å². The summed E-state index contributed by atoms with van der Waals surface area (Å²) in [6.07, 6.45) is -18.9. The van der Waals surface area contributed by atoms with Gasteiger partial charge in [-0.2, -0.15) is 39.5 Å². The van der Waals surface area contributed by atoms with Crippen LogP contribution in [0.2, 0.25) is 0 Å². The van der Waals surface area contributed by atoms with E-state index in [0.29, 0.717) is 24.0 Å². The molecule has 0 aromatic heterocycles. The molecule has 3 aliphatic carbocycles. The van der Waals surface area contributed by atoms with Gasteiger partial charge in [-0.25, -0.2) is 14.4 Å². The normalized spacial score (nSPS) is 30.5. The fourth-order valence-corrected chi connectivity index (χ4v) is 6.44. The Kier molecular flexibility index (Phi) is 7.12. The van der Waals surface area contributed by atoms with Crippen LogP contribution >= 0.6 is 0 Å². The van der Waals surface area contributed by atoms with Gasteiger partial charge in [0.1, 0.15) is 18.0 Å². The molecule has 216 valence electrons. The monoisotopic (exact) mass is 576 g/mol. The number of carbonyl (C=O) groups is 3. The zero-order valence-corrected chi connectivity index (χ0v) is 20.0. The molecule has 0 radical (unpaired) electrons. The molecular formula is C24H21F9O6. The third kappa shape index (κ3) is 5.53. The predicted molar refractivity (Wildman–Crippen MR) is 110 cm³/mol. The lowest BCUT2D eigenvalue weighted by Gasteiger charge is -2.50. The van der Waals surface area contributed by atoms with Crippen molar-refractivity contribution in [3.05, 3.63) is 29.3 Å². The molecule has 0 spiro atoms. The molecule has 0 bridgehead atoms. The SMILES string of the molecule is CC12CCC3c4ccc(OC(=O)C(F)(F)F)cc4CCC3C1CC(OC(=O)C(F)(F)F)C2OC(=O)C(F)(F)F. The van der Waals surface area contributed by atoms with Gasteiger partial charge in [-0.15, -0.1) is 0 Å². The van der Waals surface area contributed by atoms with Crippen LogP contribution in [0.25, 0.3) is 0 Å². The van der Waals surface area contributed by atoms with Gasteiger partial charge < -0.3 is 14.2 Å². The minimum Gasteiger partial charge on any atom is -0.452 e. The molecule has 2 fully saturated rings. The van der Waals surface area contributed by atoms with Crippen molar-refractivity contribution < 1.29 is 68.1 Å². The number of esters is 3. The molecule has 0 heterocycles. The molecule has 6 nitrogen and oxygen atoms in total. The fourth-order valence-electron chi connectivity index (χ4n) is 6.44. The second kappa shape index (κ2) is 9.58. The second-order valence-electron chi connectivity index (χ2n) is 10.2. The summed E-state index contributed by atoms with van der Waals surface area (Å²) < 4.78 is 129. The number of fused-ring (bicyclic) bond motifs is 5. The lowest BCUT2D eigenvalue weighted by atomic mass is 9.55. The van der Waals surface area contributed by atoms with Crippen molar-refractivity contribution in [1.82, 2.24) is 0 Å². The van der Waals surface area contributed by atoms with Gasteiger partial charge in [0, 0.05) is 5.41 Å². The van der Waals surface area contributed by atoms with Gasteiger partial charge >= 0.3 is 36.4 Å². The highest BCUT2D eigenvalue weighted by Gasteiger charge is 2.63. The molecule has 6 unspecified atom stereocenters. The summed E-state index contributed by atoms with van der Waals surface area (Å²) >= 11 is 0. The highest BCUT2D eigenvalue weighted by molar-refractivity contribution is 5.78. The van der Waals surface area contributed by atoms with E-state index in [2.05, 4.69) is 14.2 Å². The first kappa shape index (κ1) is 29.0. The Morgan fingerprint density at radius 3 is 2.03 bits per heavy atom. The summed E-state index contributed by atoms with van der Waals surface area (Å²) in [5.41, 5.74) is 0.0308. The minimum absolute atomic E-state index is 0.0962. The number of hydrogen-bond acceptors (Lipinski definition) is 6. The van der Waals surface area contributed by atoms with Crippen molar-refractivity contribution in [1.29, 1.82) is 0 Å². The van der Waals surface area contributed by atoms with Crippen LogP contribution in [0.15, 0.2) is 18.2 Å². The van der Waals surface area contributed by atoms with Crippen LogP contribution in [0.3, 0.4) is 0 Å². The van der Waals surface area contributed by atoms with Crippen molar-refractivity contribution in [2.24, 2.45) is 17.3 Å². The number of aryl methyl sites for hydroxylation is 1. The van der Waals surface area contributed by atoms with Crippen LogP contribution in [0, 0.1) is 17.3 Å². The number of carbonyl (C=O) groups excluding carboxylic acids is 3. The minimum atomic E-state index is -5.43. The van der Waals surface area contributed by atoms with E-state index >= 15 is 0 Å². The molecule has 0 aliphatic heterocycles. The summed E-state index contributed by atoms with van der Waals surface area (Å²) in [5, 5.41) is 0. The summed E-state index contributed by atoms with van der Waals surface area (Å²) in [7, 11) is 0. The molecule has 4 rings (SSSR count). The van der Waals surface area contributed by atoms with Gasteiger partial charge in [-0.05, 0) is 73.1 Å². The lowest BCUT2D eigenvalue weighted by molar-refractivity contribution is -0.225. The highest BCUT2D eigenvalue weighted by atomic mass is 19.4. The molecule has 6 atom stereocenters. The molecular weight excluding hydrogens is 555 g/mol. The van der Waals surface area contributed by atoms with E-state index in [1.54, 1.807) is 0 Å². The average molecular weight is 576 g/mol. The Morgan fingerprint density at radius 2 is 1.44 bits per heavy atom. The number of ether oxygens (including phenoxy) is 3. The molecule has 0 amide bonds. The molecule has 0 saturated heterocycles. The van der Waals surface area contributed by atoms with E-state index in [4.69, 9.17) is 0 Å². The zero-order valence-electron chi connectivity index (χ0n) is 20.0. The van der Waals surface area contributed by atoms with Gasteiger partial charge in [0.25, 0.3) is 0 Å². The molecule has 1 aromatic carbocycles. The summed E-state index contributed by atoms with van der Waals surface area (Å²) in [5.74, 6) is -9.17. The average Bonchev–Trinajstić information content (AvgIpc) is 3.08. The molecule has 3 aliphatic rings. The number of rotatable bonds is 3. The quantitative estimate of drug-likeness (QED) is 0.266. The predicted octanol–water partition coefficient (Wildman–Crippen LogP) is 5.57. The van der Waals surface area contributed by atoms with E-state index in [1.807, 2.05) is 0 Å². The highest BCUT2D eigenvalue weighted by Crippen LogP contribution is 2.62. The summed E-state index contributed by atoms with van der Waals surface area (Å²) in [6, 6.07) is 3.94. The Balaban J connectivity index is 1.61. The van der Waals surface area contributed by atoms with Crippen LogP contribution in [0.1, 0.15) is 49.7 Å². The Labute approximate surface area is 214 Å². The smallest absolute Gasteiger partial charge is 0.452 e. The third-order valence-corrected chi connectivity index (χ3v) is 8.01. The van der Waals surface area contributed by atoms with E-state index in [-0.39, 0.29) is 36.8 Å². The van der Waals surface area contributed by atoms with E-state index in [9.17, 15) is 53.9 Å².